The highest BCUT2D eigenvalue weighted by Gasteiger charge is 2.19. The standard InChI is InChI=1S/C17H26N2O3/c1-20-17-12-14(4-8-19-9-6-18-7-10-19)2-3-16(17)22-15-5-11-21-13-15/h2-3,12,15,18H,4-11,13H2,1H3. The largest absolute Gasteiger partial charge is 0.493 e. The van der Waals surface area contributed by atoms with Crippen LogP contribution in [0.2, 0.25) is 0 Å². The van der Waals surface area contributed by atoms with E-state index in [2.05, 4.69) is 22.3 Å². The lowest BCUT2D eigenvalue weighted by molar-refractivity contribution is 0.138. The summed E-state index contributed by atoms with van der Waals surface area (Å²) in [6.07, 6.45) is 2.15. The number of nitrogens with zero attached hydrogens (tertiary/aromatic N) is 1. The molecule has 2 fully saturated rings. The van der Waals surface area contributed by atoms with E-state index in [9.17, 15) is 0 Å². The molecule has 5 heteroatoms. The van der Waals surface area contributed by atoms with Crippen molar-refractivity contribution in [2.24, 2.45) is 0 Å². The molecule has 2 saturated heterocycles. The molecule has 22 heavy (non-hydrogen) atoms. The summed E-state index contributed by atoms with van der Waals surface area (Å²) >= 11 is 0. The summed E-state index contributed by atoms with van der Waals surface area (Å²) in [4.78, 5) is 2.50. The second kappa shape index (κ2) is 7.81. The Morgan fingerprint density at radius 1 is 1.27 bits per heavy atom. The third-order valence-corrected chi connectivity index (χ3v) is 4.34. The van der Waals surface area contributed by atoms with Crippen molar-refractivity contribution in [1.82, 2.24) is 10.2 Å². The first-order valence-corrected chi connectivity index (χ1v) is 8.19. The van der Waals surface area contributed by atoms with Gasteiger partial charge in [0.2, 0.25) is 0 Å². The highest BCUT2D eigenvalue weighted by atomic mass is 16.6. The van der Waals surface area contributed by atoms with E-state index in [0.717, 1.165) is 63.7 Å². The van der Waals surface area contributed by atoms with Crippen LogP contribution in [-0.4, -0.2) is 64.1 Å². The van der Waals surface area contributed by atoms with Gasteiger partial charge in [-0.05, 0) is 24.1 Å². The summed E-state index contributed by atoms with van der Waals surface area (Å²) in [5.41, 5.74) is 1.30. The van der Waals surface area contributed by atoms with Crippen LogP contribution < -0.4 is 14.8 Å². The van der Waals surface area contributed by atoms with Crippen LogP contribution in [0.1, 0.15) is 12.0 Å². The Morgan fingerprint density at radius 2 is 2.14 bits per heavy atom. The maximum absolute atomic E-state index is 5.98. The van der Waals surface area contributed by atoms with Gasteiger partial charge in [-0.3, -0.25) is 0 Å². The van der Waals surface area contributed by atoms with E-state index in [-0.39, 0.29) is 6.10 Å². The first-order valence-electron chi connectivity index (χ1n) is 8.19. The van der Waals surface area contributed by atoms with Crippen molar-refractivity contribution in [2.75, 3.05) is 53.0 Å². The van der Waals surface area contributed by atoms with Crippen LogP contribution >= 0.6 is 0 Å². The lowest BCUT2D eigenvalue weighted by Crippen LogP contribution is -2.44. The normalized spacial score (nSPS) is 22.7. The predicted octanol–water partition coefficient (Wildman–Crippen LogP) is 1.31. The fraction of sp³-hybridized carbons (Fsp3) is 0.647. The predicted molar refractivity (Wildman–Crippen MR) is 85.9 cm³/mol. The molecule has 0 aliphatic carbocycles. The molecule has 1 aromatic carbocycles. The van der Waals surface area contributed by atoms with Crippen LogP contribution in [-0.2, 0) is 11.2 Å². The quantitative estimate of drug-likeness (QED) is 0.858. The zero-order chi connectivity index (χ0) is 15.2. The molecule has 1 atom stereocenters. The van der Waals surface area contributed by atoms with Crippen molar-refractivity contribution < 1.29 is 14.2 Å². The molecule has 0 bridgehead atoms. The summed E-state index contributed by atoms with van der Waals surface area (Å²) in [7, 11) is 1.70. The van der Waals surface area contributed by atoms with Gasteiger partial charge in [-0.1, -0.05) is 6.07 Å². The molecule has 0 amide bonds. The second-order valence-electron chi connectivity index (χ2n) is 5.93. The maximum Gasteiger partial charge on any atom is 0.161 e. The van der Waals surface area contributed by atoms with Crippen molar-refractivity contribution in [3.05, 3.63) is 23.8 Å². The zero-order valence-corrected chi connectivity index (χ0v) is 13.3. The lowest BCUT2D eigenvalue weighted by atomic mass is 10.1. The van der Waals surface area contributed by atoms with Crippen LogP contribution in [0.3, 0.4) is 0 Å². The molecule has 122 valence electrons. The van der Waals surface area contributed by atoms with Gasteiger partial charge < -0.3 is 24.4 Å². The topological polar surface area (TPSA) is 43.0 Å². The van der Waals surface area contributed by atoms with Gasteiger partial charge >= 0.3 is 0 Å². The van der Waals surface area contributed by atoms with Crippen molar-refractivity contribution in [1.29, 1.82) is 0 Å². The molecule has 1 aromatic rings. The number of nitrogens with one attached hydrogen (secondary N) is 1. The van der Waals surface area contributed by atoms with Gasteiger partial charge in [0.25, 0.3) is 0 Å². The van der Waals surface area contributed by atoms with Gasteiger partial charge in [-0.2, -0.15) is 0 Å². The molecule has 5 nitrogen and oxygen atoms in total. The molecule has 1 unspecified atom stereocenters. The van der Waals surface area contributed by atoms with E-state index in [1.165, 1.54) is 5.56 Å². The minimum atomic E-state index is 0.153. The molecular formula is C17H26N2O3. The Morgan fingerprint density at radius 3 is 2.86 bits per heavy atom. The number of benzene rings is 1. The summed E-state index contributed by atoms with van der Waals surface area (Å²) in [6.45, 7) is 7.03. The third-order valence-electron chi connectivity index (χ3n) is 4.34. The molecule has 2 heterocycles. The maximum atomic E-state index is 5.98. The number of ether oxygens (including phenoxy) is 3. The van der Waals surface area contributed by atoms with Crippen LogP contribution in [0, 0.1) is 0 Å². The van der Waals surface area contributed by atoms with E-state index >= 15 is 0 Å². The number of hydrogen-bond donors (Lipinski definition) is 1. The first-order chi connectivity index (χ1) is 10.8. The highest BCUT2D eigenvalue weighted by Crippen LogP contribution is 2.30. The van der Waals surface area contributed by atoms with Crippen LogP contribution in [0.4, 0.5) is 0 Å². The summed E-state index contributed by atoms with van der Waals surface area (Å²) in [6, 6.07) is 6.29. The van der Waals surface area contributed by atoms with Crippen molar-refractivity contribution in [2.45, 2.75) is 18.9 Å². The van der Waals surface area contributed by atoms with E-state index in [0.29, 0.717) is 6.61 Å². The molecule has 0 spiro atoms. The van der Waals surface area contributed by atoms with Gasteiger partial charge in [-0.25, -0.2) is 0 Å². The molecule has 3 rings (SSSR count). The number of rotatable bonds is 6. The lowest BCUT2D eigenvalue weighted by Gasteiger charge is -2.27. The van der Waals surface area contributed by atoms with E-state index < -0.39 is 0 Å². The minimum absolute atomic E-state index is 0.153. The smallest absolute Gasteiger partial charge is 0.161 e. The Kier molecular flexibility index (Phi) is 5.53. The fourth-order valence-electron chi connectivity index (χ4n) is 2.97. The van der Waals surface area contributed by atoms with Crippen LogP contribution in [0.5, 0.6) is 11.5 Å². The van der Waals surface area contributed by atoms with E-state index in [4.69, 9.17) is 14.2 Å². The molecule has 1 N–H and O–H groups in total. The molecule has 2 aliphatic heterocycles. The number of piperazine rings is 1. The first kappa shape index (κ1) is 15.6. The minimum Gasteiger partial charge on any atom is -0.493 e. The average molecular weight is 306 g/mol. The number of methoxy groups -OCH3 is 1. The summed E-state index contributed by atoms with van der Waals surface area (Å²) in [5.74, 6) is 1.65. The summed E-state index contributed by atoms with van der Waals surface area (Å²) < 4.78 is 16.8. The summed E-state index contributed by atoms with van der Waals surface area (Å²) in [5, 5.41) is 3.38. The average Bonchev–Trinajstić information content (AvgIpc) is 3.08. The Balaban J connectivity index is 1.57. The van der Waals surface area contributed by atoms with Gasteiger partial charge in [0, 0.05) is 39.1 Å². The van der Waals surface area contributed by atoms with E-state index in [1.807, 2.05) is 6.07 Å². The van der Waals surface area contributed by atoms with Crippen LogP contribution in [0.15, 0.2) is 18.2 Å². The Hall–Kier alpha value is -1.30. The molecule has 2 aliphatic rings. The molecule has 0 aromatic heterocycles. The fourth-order valence-corrected chi connectivity index (χ4v) is 2.97. The van der Waals surface area contributed by atoms with Gasteiger partial charge in [0.1, 0.15) is 6.10 Å². The van der Waals surface area contributed by atoms with Crippen molar-refractivity contribution in [3.8, 4) is 11.5 Å². The monoisotopic (exact) mass is 306 g/mol. The van der Waals surface area contributed by atoms with Gasteiger partial charge in [0.15, 0.2) is 11.5 Å². The molecule has 0 saturated carbocycles. The van der Waals surface area contributed by atoms with Crippen molar-refractivity contribution >= 4 is 0 Å². The van der Waals surface area contributed by atoms with Gasteiger partial charge in [-0.15, -0.1) is 0 Å². The highest BCUT2D eigenvalue weighted by molar-refractivity contribution is 5.43. The zero-order valence-electron chi connectivity index (χ0n) is 13.3. The van der Waals surface area contributed by atoms with E-state index in [1.54, 1.807) is 7.11 Å². The SMILES string of the molecule is COc1cc(CCN2CCNCC2)ccc1OC1CCOC1. The Bertz CT molecular complexity index is 469. The number of hydrogen-bond acceptors (Lipinski definition) is 5. The van der Waals surface area contributed by atoms with Crippen molar-refractivity contribution in [3.63, 3.8) is 0 Å². The Labute approximate surface area is 132 Å². The molecule has 0 radical (unpaired) electrons. The second-order valence-corrected chi connectivity index (χ2v) is 5.93. The third kappa shape index (κ3) is 4.12. The van der Waals surface area contributed by atoms with Gasteiger partial charge in [0.05, 0.1) is 20.3 Å². The molecular weight excluding hydrogens is 280 g/mol. The van der Waals surface area contributed by atoms with Crippen LogP contribution in [0.25, 0.3) is 0 Å².